The highest BCUT2D eigenvalue weighted by Gasteiger charge is 2.13. The molecule has 0 unspecified atom stereocenters. The van der Waals surface area contributed by atoms with E-state index in [1.807, 2.05) is 30.7 Å². The highest BCUT2D eigenvalue weighted by Crippen LogP contribution is 2.22. The van der Waals surface area contributed by atoms with E-state index < -0.39 is 0 Å². The summed E-state index contributed by atoms with van der Waals surface area (Å²) >= 11 is 0. The van der Waals surface area contributed by atoms with Crippen LogP contribution in [0.25, 0.3) is 10.9 Å². The first-order valence-corrected chi connectivity index (χ1v) is 4.78. The number of carbonyl (C=O) groups is 1. The van der Waals surface area contributed by atoms with Crippen molar-refractivity contribution < 1.29 is 9.53 Å². The second-order valence-corrected chi connectivity index (χ2v) is 3.58. The molecule has 0 aliphatic heterocycles. The Kier molecular flexibility index (Phi) is 2.23. The Labute approximate surface area is 88.3 Å². The molecule has 0 saturated heterocycles. The molecule has 0 N–H and O–H groups in total. The highest BCUT2D eigenvalue weighted by atomic mass is 16.5. The Morgan fingerprint density at radius 3 is 2.80 bits per heavy atom. The quantitative estimate of drug-likeness (QED) is 0.666. The summed E-state index contributed by atoms with van der Waals surface area (Å²) in [5, 5.41) is 1.07. The maximum Gasteiger partial charge on any atom is 0.340 e. The first-order chi connectivity index (χ1) is 7.15. The minimum Gasteiger partial charge on any atom is -0.465 e. The van der Waals surface area contributed by atoms with Crippen molar-refractivity contribution in [2.45, 2.75) is 6.92 Å². The van der Waals surface area contributed by atoms with Crippen molar-refractivity contribution >= 4 is 16.9 Å². The fourth-order valence-electron chi connectivity index (χ4n) is 1.83. The van der Waals surface area contributed by atoms with Gasteiger partial charge < -0.3 is 9.30 Å². The average molecular weight is 203 g/mol. The largest absolute Gasteiger partial charge is 0.465 e. The Morgan fingerprint density at radius 2 is 2.13 bits per heavy atom. The van der Waals surface area contributed by atoms with Crippen molar-refractivity contribution in [2.24, 2.45) is 7.05 Å². The number of para-hydroxylation sites is 1. The fraction of sp³-hybridized carbons (Fsp3) is 0.250. The summed E-state index contributed by atoms with van der Waals surface area (Å²) in [7, 11) is 3.35. The standard InChI is InChI=1S/C12H13NO2/c1-8-7-9-5-4-6-10(12(14)15-3)11(9)13(8)2/h4-7H,1-3H3. The molecule has 3 heteroatoms. The summed E-state index contributed by atoms with van der Waals surface area (Å²) in [4.78, 5) is 11.6. The fourth-order valence-corrected chi connectivity index (χ4v) is 1.83. The van der Waals surface area contributed by atoms with Crippen molar-refractivity contribution in [3.05, 3.63) is 35.5 Å². The molecule has 1 heterocycles. The SMILES string of the molecule is COC(=O)c1cccc2cc(C)n(C)c12. The molecule has 78 valence electrons. The zero-order chi connectivity index (χ0) is 11.0. The molecule has 0 fully saturated rings. The first kappa shape index (κ1) is 9.77. The van der Waals surface area contributed by atoms with E-state index in [-0.39, 0.29) is 5.97 Å². The maximum absolute atomic E-state index is 11.6. The van der Waals surface area contributed by atoms with Gasteiger partial charge in [-0.2, -0.15) is 0 Å². The molecular formula is C12H13NO2. The topological polar surface area (TPSA) is 31.2 Å². The normalized spacial score (nSPS) is 10.6. The summed E-state index contributed by atoms with van der Waals surface area (Å²) in [5.41, 5.74) is 2.67. The minimum absolute atomic E-state index is 0.290. The molecule has 0 aliphatic rings. The number of esters is 1. The molecule has 1 aromatic carbocycles. The lowest BCUT2D eigenvalue weighted by atomic mass is 10.1. The molecule has 2 aromatic rings. The molecule has 1 aromatic heterocycles. The summed E-state index contributed by atoms with van der Waals surface area (Å²) in [6.45, 7) is 2.01. The van der Waals surface area contributed by atoms with Crippen LogP contribution in [0.3, 0.4) is 0 Å². The van der Waals surface area contributed by atoms with Crippen molar-refractivity contribution in [3.8, 4) is 0 Å². The van der Waals surface area contributed by atoms with Gasteiger partial charge in [0.15, 0.2) is 0 Å². The second-order valence-electron chi connectivity index (χ2n) is 3.58. The van der Waals surface area contributed by atoms with Crippen molar-refractivity contribution in [1.82, 2.24) is 4.57 Å². The van der Waals surface area contributed by atoms with Gasteiger partial charge in [-0.3, -0.25) is 0 Å². The summed E-state index contributed by atoms with van der Waals surface area (Å²) in [5.74, 6) is -0.290. The van der Waals surface area contributed by atoms with Gasteiger partial charge in [0, 0.05) is 18.1 Å². The molecule has 0 spiro atoms. The number of aromatic nitrogens is 1. The lowest BCUT2D eigenvalue weighted by Gasteiger charge is -2.04. The minimum atomic E-state index is -0.290. The zero-order valence-corrected chi connectivity index (χ0v) is 9.07. The number of aryl methyl sites for hydroxylation is 2. The molecular weight excluding hydrogens is 190 g/mol. The average Bonchev–Trinajstić information content (AvgIpc) is 2.54. The summed E-state index contributed by atoms with van der Waals surface area (Å²) in [6, 6.07) is 7.71. The van der Waals surface area contributed by atoms with E-state index in [9.17, 15) is 4.79 Å². The van der Waals surface area contributed by atoms with Gasteiger partial charge in [-0.25, -0.2) is 4.79 Å². The number of ether oxygens (including phenoxy) is 1. The number of hydrogen-bond donors (Lipinski definition) is 0. The van der Waals surface area contributed by atoms with E-state index in [1.54, 1.807) is 6.07 Å². The number of nitrogens with zero attached hydrogens (tertiary/aromatic N) is 1. The van der Waals surface area contributed by atoms with Gasteiger partial charge in [-0.05, 0) is 19.1 Å². The number of methoxy groups -OCH3 is 1. The van der Waals surface area contributed by atoms with Gasteiger partial charge in [0.2, 0.25) is 0 Å². The van der Waals surface area contributed by atoms with E-state index in [0.29, 0.717) is 5.56 Å². The predicted octanol–water partition coefficient (Wildman–Crippen LogP) is 2.27. The molecule has 3 nitrogen and oxygen atoms in total. The Bertz CT molecular complexity index is 526. The summed E-state index contributed by atoms with van der Waals surface area (Å²) in [6.07, 6.45) is 0. The van der Waals surface area contributed by atoms with E-state index in [0.717, 1.165) is 16.6 Å². The molecule has 15 heavy (non-hydrogen) atoms. The van der Waals surface area contributed by atoms with E-state index in [4.69, 9.17) is 4.74 Å². The van der Waals surface area contributed by atoms with Gasteiger partial charge in [-0.15, -0.1) is 0 Å². The molecule has 0 aliphatic carbocycles. The van der Waals surface area contributed by atoms with Crippen molar-refractivity contribution in [3.63, 3.8) is 0 Å². The third-order valence-electron chi connectivity index (χ3n) is 2.70. The van der Waals surface area contributed by atoms with E-state index in [1.165, 1.54) is 7.11 Å². The van der Waals surface area contributed by atoms with Gasteiger partial charge in [0.25, 0.3) is 0 Å². The summed E-state index contributed by atoms with van der Waals surface area (Å²) < 4.78 is 6.76. The Balaban J connectivity index is 2.80. The van der Waals surface area contributed by atoms with E-state index in [2.05, 4.69) is 6.07 Å². The number of hydrogen-bond acceptors (Lipinski definition) is 2. The predicted molar refractivity (Wildman–Crippen MR) is 59.0 cm³/mol. The van der Waals surface area contributed by atoms with Crippen LogP contribution in [0.5, 0.6) is 0 Å². The van der Waals surface area contributed by atoms with Crippen LogP contribution < -0.4 is 0 Å². The Hall–Kier alpha value is -1.77. The number of rotatable bonds is 1. The first-order valence-electron chi connectivity index (χ1n) is 4.78. The molecule has 0 atom stereocenters. The molecule has 0 radical (unpaired) electrons. The smallest absolute Gasteiger partial charge is 0.340 e. The number of carbonyl (C=O) groups excluding carboxylic acids is 1. The highest BCUT2D eigenvalue weighted by molar-refractivity contribution is 6.03. The van der Waals surface area contributed by atoms with Crippen LogP contribution in [0.15, 0.2) is 24.3 Å². The van der Waals surface area contributed by atoms with Crippen molar-refractivity contribution in [1.29, 1.82) is 0 Å². The van der Waals surface area contributed by atoms with Crippen LogP contribution >= 0.6 is 0 Å². The maximum atomic E-state index is 11.6. The number of benzene rings is 1. The molecule has 0 bridgehead atoms. The van der Waals surface area contributed by atoms with E-state index >= 15 is 0 Å². The zero-order valence-electron chi connectivity index (χ0n) is 9.07. The van der Waals surface area contributed by atoms with Crippen LogP contribution in [0, 0.1) is 6.92 Å². The molecule has 2 rings (SSSR count). The molecule has 0 amide bonds. The van der Waals surface area contributed by atoms with Gasteiger partial charge >= 0.3 is 5.97 Å². The number of fused-ring (bicyclic) bond motifs is 1. The third kappa shape index (κ3) is 1.40. The van der Waals surface area contributed by atoms with Crippen LogP contribution in [-0.4, -0.2) is 17.6 Å². The monoisotopic (exact) mass is 203 g/mol. The third-order valence-corrected chi connectivity index (χ3v) is 2.70. The molecule has 0 saturated carbocycles. The van der Waals surface area contributed by atoms with Gasteiger partial charge in [0.1, 0.15) is 0 Å². The van der Waals surface area contributed by atoms with Crippen molar-refractivity contribution in [2.75, 3.05) is 7.11 Å². The Morgan fingerprint density at radius 1 is 1.40 bits per heavy atom. The second kappa shape index (κ2) is 3.42. The van der Waals surface area contributed by atoms with Gasteiger partial charge in [-0.1, -0.05) is 12.1 Å². The van der Waals surface area contributed by atoms with Crippen LogP contribution in [-0.2, 0) is 11.8 Å². The van der Waals surface area contributed by atoms with Crippen LogP contribution in [0.1, 0.15) is 16.1 Å². The lowest BCUT2D eigenvalue weighted by Crippen LogP contribution is -2.04. The van der Waals surface area contributed by atoms with Crippen LogP contribution in [0.4, 0.5) is 0 Å². The lowest BCUT2D eigenvalue weighted by molar-refractivity contribution is 0.0602. The van der Waals surface area contributed by atoms with Crippen LogP contribution in [0.2, 0.25) is 0 Å². The van der Waals surface area contributed by atoms with Gasteiger partial charge in [0.05, 0.1) is 18.2 Å².